The van der Waals surface area contributed by atoms with Crippen molar-refractivity contribution in [2.75, 3.05) is 7.11 Å². The van der Waals surface area contributed by atoms with Crippen LogP contribution in [0, 0.1) is 0 Å². The summed E-state index contributed by atoms with van der Waals surface area (Å²) in [6, 6.07) is 2.71. The summed E-state index contributed by atoms with van der Waals surface area (Å²) in [5, 5.41) is 0. The maximum absolute atomic E-state index is 11.6. The molecule has 2 rings (SSSR count). The van der Waals surface area contributed by atoms with Crippen LogP contribution in [0.25, 0.3) is 0 Å². The largest absolute Gasteiger partial charge is 0.465 e. The molecule has 0 amide bonds. The molecule has 0 radical (unpaired) electrons. The maximum Gasteiger partial charge on any atom is 0.341 e. The Morgan fingerprint density at radius 1 is 1.47 bits per heavy atom. The molecule has 0 aliphatic heterocycles. The molecule has 0 bridgehead atoms. The zero-order valence-corrected chi connectivity index (χ0v) is 9.64. The average Bonchev–Trinajstić information content (AvgIpc) is 2.39. The Hall–Kier alpha value is -1.84. The number of ether oxygens (including phenoxy) is 1. The van der Waals surface area contributed by atoms with Gasteiger partial charge in [0, 0.05) is 12.0 Å². The summed E-state index contributed by atoms with van der Waals surface area (Å²) in [5.74, 6) is -0.0604. The molecule has 4 nitrogen and oxygen atoms in total. The van der Waals surface area contributed by atoms with Crippen LogP contribution in [0.3, 0.4) is 0 Å². The fourth-order valence-electron chi connectivity index (χ4n) is 2.02. The number of hydrogen-bond donors (Lipinski definition) is 0. The van der Waals surface area contributed by atoms with Crippen LogP contribution in [-0.4, -0.2) is 13.1 Å². The van der Waals surface area contributed by atoms with Crippen LogP contribution in [0.15, 0.2) is 33.5 Å². The number of carbonyl (C=O) groups excluding carboxylic acids is 1. The third-order valence-corrected chi connectivity index (χ3v) is 2.86. The van der Waals surface area contributed by atoms with Gasteiger partial charge in [-0.1, -0.05) is 12.2 Å². The van der Waals surface area contributed by atoms with E-state index >= 15 is 0 Å². The Morgan fingerprint density at radius 2 is 2.29 bits per heavy atom. The van der Waals surface area contributed by atoms with Gasteiger partial charge < -0.3 is 9.15 Å². The Balaban J connectivity index is 2.46. The van der Waals surface area contributed by atoms with Gasteiger partial charge in [0.1, 0.15) is 5.76 Å². The Morgan fingerprint density at radius 3 is 2.94 bits per heavy atom. The third kappa shape index (κ3) is 2.46. The SMILES string of the molecule is COC(=O)c1ccc(=O)oc1C1C=CCCC1. The van der Waals surface area contributed by atoms with Crippen LogP contribution in [0.1, 0.15) is 41.3 Å². The molecule has 0 fully saturated rings. The number of carbonyl (C=O) groups is 1. The van der Waals surface area contributed by atoms with E-state index in [1.807, 2.05) is 12.2 Å². The van der Waals surface area contributed by atoms with E-state index < -0.39 is 11.6 Å². The highest BCUT2D eigenvalue weighted by Crippen LogP contribution is 2.29. The van der Waals surface area contributed by atoms with Crippen molar-refractivity contribution < 1.29 is 13.9 Å². The minimum atomic E-state index is -0.470. The molecule has 0 saturated heterocycles. The summed E-state index contributed by atoms with van der Waals surface area (Å²) < 4.78 is 9.85. The summed E-state index contributed by atoms with van der Waals surface area (Å²) in [5.41, 5.74) is -0.102. The number of esters is 1. The first-order valence-corrected chi connectivity index (χ1v) is 5.61. The number of methoxy groups -OCH3 is 1. The third-order valence-electron chi connectivity index (χ3n) is 2.86. The second-order valence-corrected chi connectivity index (χ2v) is 3.99. The average molecular weight is 234 g/mol. The van der Waals surface area contributed by atoms with Gasteiger partial charge in [0.15, 0.2) is 0 Å². The van der Waals surface area contributed by atoms with Gasteiger partial charge in [0.2, 0.25) is 0 Å². The van der Waals surface area contributed by atoms with Gasteiger partial charge >= 0.3 is 11.6 Å². The van der Waals surface area contributed by atoms with Crippen molar-refractivity contribution in [3.8, 4) is 0 Å². The lowest BCUT2D eigenvalue weighted by atomic mass is 9.91. The first-order valence-electron chi connectivity index (χ1n) is 5.61. The zero-order chi connectivity index (χ0) is 12.3. The normalized spacial score (nSPS) is 19.0. The van der Waals surface area contributed by atoms with Gasteiger partial charge in [-0.05, 0) is 25.3 Å². The van der Waals surface area contributed by atoms with Gasteiger partial charge in [0.05, 0.1) is 12.7 Å². The molecule has 1 aliphatic rings. The smallest absolute Gasteiger partial charge is 0.341 e. The first-order chi connectivity index (χ1) is 8.22. The molecule has 1 unspecified atom stereocenters. The summed E-state index contributed by atoms with van der Waals surface area (Å²) in [6.45, 7) is 0. The lowest BCUT2D eigenvalue weighted by Gasteiger charge is -2.16. The molecule has 1 aromatic heterocycles. The highest BCUT2D eigenvalue weighted by Gasteiger charge is 2.22. The highest BCUT2D eigenvalue weighted by atomic mass is 16.5. The first kappa shape index (κ1) is 11.6. The van der Waals surface area contributed by atoms with Crippen LogP contribution in [0.2, 0.25) is 0 Å². The fourth-order valence-corrected chi connectivity index (χ4v) is 2.02. The maximum atomic E-state index is 11.6. The standard InChI is InChI=1S/C13H14O4/c1-16-13(15)10-7-8-11(14)17-12(10)9-5-3-2-4-6-9/h3,5,7-9H,2,4,6H2,1H3. The summed E-state index contributed by atoms with van der Waals surface area (Å²) >= 11 is 0. The van der Waals surface area contributed by atoms with E-state index in [1.54, 1.807) is 0 Å². The molecule has 90 valence electrons. The molecular formula is C13H14O4. The fraction of sp³-hybridized carbons (Fsp3) is 0.385. The molecule has 0 saturated carbocycles. The molecule has 4 heteroatoms. The molecule has 1 aromatic rings. The van der Waals surface area contributed by atoms with Crippen molar-refractivity contribution in [2.45, 2.75) is 25.2 Å². The van der Waals surface area contributed by atoms with Crippen LogP contribution in [0.5, 0.6) is 0 Å². The predicted octanol–water partition coefficient (Wildman–Crippen LogP) is 2.25. The van der Waals surface area contributed by atoms with Crippen LogP contribution >= 0.6 is 0 Å². The predicted molar refractivity (Wildman–Crippen MR) is 62.0 cm³/mol. The lowest BCUT2D eigenvalue weighted by Crippen LogP contribution is -2.13. The number of allylic oxidation sites excluding steroid dienone is 2. The Bertz CT molecular complexity index is 498. The molecule has 0 N–H and O–H groups in total. The van der Waals surface area contributed by atoms with Gasteiger partial charge in [0.25, 0.3) is 0 Å². The second kappa shape index (κ2) is 4.99. The summed E-state index contributed by atoms with van der Waals surface area (Å²) in [6.07, 6.45) is 6.96. The van der Waals surface area contributed by atoms with Gasteiger partial charge in [-0.3, -0.25) is 0 Å². The van der Waals surface area contributed by atoms with E-state index in [0.717, 1.165) is 19.3 Å². The van der Waals surface area contributed by atoms with E-state index in [4.69, 9.17) is 4.42 Å². The molecule has 17 heavy (non-hydrogen) atoms. The van der Waals surface area contributed by atoms with Crippen LogP contribution < -0.4 is 5.63 Å². The minimum Gasteiger partial charge on any atom is -0.465 e. The van der Waals surface area contributed by atoms with E-state index in [-0.39, 0.29) is 5.92 Å². The monoisotopic (exact) mass is 234 g/mol. The van der Waals surface area contributed by atoms with E-state index in [0.29, 0.717) is 11.3 Å². The molecule has 0 aromatic carbocycles. The number of rotatable bonds is 2. The molecule has 1 aliphatic carbocycles. The lowest BCUT2D eigenvalue weighted by molar-refractivity contribution is 0.0594. The van der Waals surface area contributed by atoms with Crippen molar-refractivity contribution in [1.82, 2.24) is 0 Å². The van der Waals surface area contributed by atoms with Gasteiger partial charge in [-0.25, -0.2) is 9.59 Å². The second-order valence-electron chi connectivity index (χ2n) is 3.99. The highest BCUT2D eigenvalue weighted by molar-refractivity contribution is 5.90. The molecular weight excluding hydrogens is 220 g/mol. The van der Waals surface area contributed by atoms with Crippen molar-refractivity contribution in [1.29, 1.82) is 0 Å². The summed E-state index contributed by atoms with van der Waals surface area (Å²) in [4.78, 5) is 22.8. The van der Waals surface area contributed by atoms with Gasteiger partial charge in [-0.2, -0.15) is 0 Å². The molecule has 1 heterocycles. The quantitative estimate of drug-likeness (QED) is 0.581. The van der Waals surface area contributed by atoms with Crippen molar-refractivity contribution in [2.24, 2.45) is 0 Å². The minimum absolute atomic E-state index is 0.00764. The zero-order valence-electron chi connectivity index (χ0n) is 9.64. The van der Waals surface area contributed by atoms with E-state index in [1.165, 1.54) is 19.2 Å². The molecule has 0 spiro atoms. The van der Waals surface area contributed by atoms with Crippen LogP contribution in [-0.2, 0) is 4.74 Å². The number of hydrogen-bond acceptors (Lipinski definition) is 4. The van der Waals surface area contributed by atoms with Crippen LogP contribution in [0.4, 0.5) is 0 Å². The molecule has 1 atom stereocenters. The summed E-state index contributed by atoms with van der Waals surface area (Å²) in [7, 11) is 1.31. The Labute approximate surface area is 98.9 Å². The topological polar surface area (TPSA) is 56.5 Å². The van der Waals surface area contributed by atoms with E-state index in [2.05, 4.69) is 4.74 Å². The van der Waals surface area contributed by atoms with Crippen molar-refractivity contribution >= 4 is 5.97 Å². The van der Waals surface area contributed by atoms with Gasteiger partial charge in [-0.15, -0.1) is 0 Å². The van der Waals surface area contributed by atoms with Crippen molar-refractivity contribution in [3.05, 3.63) is 46.0 Å². The van der Waals surface area contributed by atoms with E-state index in [9.17, 15) is 9.59 Å². The Kier molecular flexibility index (Phi) is 3.42. The van der Waals surface area contributed by atoms with Crippen molar-refractivity contribution in [3.63, 3.8) is 0 Å².